The number of hydrogen-bond donors (Lipinski definition) is 10. The van der Waals surface area contributed by atoms with E-state index in [0.717, 1.165) is 183 Å². The van der Waals surface area contributed by atoms with E-state index >= 15 is 0 Å². The van der Waals surface area contributed by atoms with Gasteiger partial charge in [0.05, 0.1) is 220 Å². The molecule has 132 heavy (non-hydrogen) atoms. The Kier molecular flexibility index (Phi) is 31.0. The Balaban J connectivity index is 0.000000118. The number of carbonyl (C=O) groups excluding carboxylic acids is 4. The second kappa shape index (κ2) is 44.9. The van der Waals surface area contributed by atoms with E-state index < -0.39 is 5.82 Å². The Morgan fingerprint density at radius 3 is 1.39 bits per heavy atom. The number of imidazole rings is 7. The highest BCUT2D eigenvalue weighted by Gasteiger charge is 2.31. The third-order valence-corrected chi connectivity index (χ3v) is 23.8. The van der Waals surface area contributed by atoms with Gasteiger partial charge in [0.1, 0.15) is 19.0 Å². The number of aromatic nitrogens is 14. The van der Waals surface area contributed by atoms with Crippen molar-refractivity contribution in [1.29, 1.82) is 0 Å². The summed E-state index contributed by atoms with van der Waals surface area (Å²) in [6, 6.07) is 47.6. The first-order chi connectivity index (χ1) is 64.6. The van der Waals surface area contributed by atoms with Crippen molar-refractivity contribution in [2.75, 3.05) is 189 Å². The lowest BCUT2D eigenvalue weighted by molar-refractivity contribution is -0.116. The number of fused-ring (bicyclic) bond motifs is 7. The number of nitrogens with one attached hydrogen (secondary N) is 9. The van der Waals surface area contributed by atoms with E-state index in [1.54, 1.807) is 73.3 Å². The Morgan fingerprint density at radius 2 is 0.909 bits per heavy atom. The number of methoxy groups -OCH3 is 2. The molecule has 7 aliphatic heterocycles. The topological polar surface area (TPSA) is 392 Å². The van der Waals surface area contributed by atoms with Crippen LogP contribution >= 0.6 is 11.8 Å². The number of nitrogens with two attached hydrogens (primary N) is 1. The second-order valence-electron chi connectivity index (χ2n) is 31.3. The number of nitrogens with zero attached hydrogens (tertiary/aromatic N) is 18. The molecule has 0 saturated heterocycles. The number of halogens is 1. The maximum atomic E-state index is 14.0. The van der Waals surface area contributed by atoms with Gasteiger partial charge in [0.25, 0.3) is 0 Å². The normalized spacial score (nSPS) is 14.1. The summed E-state index contributed by atoms with van der Waals surface area (Å²) in [4.78, 5) is 120. The molecule has 686 valence electrons. The lowest BCUT2D eigenvalue weighted by Gasteiger charge is -2.37. The molecule has 0 saturated carbocycles. The number of anilines is 14. The molecule has 0 bridgehead atoms. The molecule has 7 aliphatic rings. The van der Waals surface area contributed by atoms with Gasteiger partial charge in [0, 0.05) is 157 Å². The predicted octanol–water partition coefficient (Wildman–Crippen LogP) is 13.5. The summed E-state index contributed by atoms with van der Waals surface area (Å²) < 4.78 is 34.8. The molecule has 4 amide bonds. The molecule has 38 heteroatoms. The zero-order valence-electron chi connectivity index (χ0n) is 74.3. The molecule has 36 nitrogen and oxygen atoms in total. The van der Waals surface area contributed by atoms with Gasteiger partial charge in [0.15, 0.2) is 11.6 Å². The molecular weight excluding hydrogens is 1700 g/mol. The number of likely N-dealkylation sites (N-methyl/N-ethyl adjacent to an activating group) is 1. The van der Waals surface area contributed by atoms with Crippen LogP contribution in [0.1, 0.15) is 53.7 Å². The zero-order chi connectivity index (χ0) is 91.5. The third kappa shape index (κ3) is 23.3. The number of amides is 4. The van der Waals surface area contributed by atoms with Crippen LogP contribution in [0.3, 0.4) is 0 Å². The highest BCUT2D eigenvalue weighted by molar-refractivity contribution is 7.99. The summed E-state index contributed by atoms with van der Waals surface area (Å²) in [5, 5.41) is 5.86. The Bertz CT molecular complexity index is 5960. The summed E-state index contributed by atoms with van der Waals surface area (Å²) in [7, 11) is 4.94. The smallest absolute Gasteiger partial charge is 0.414 e. The lowest BCUT2D eigenvalue weighted by Crippen LogP contribution is -2.43. The molecule has 0 unspecified atom stereocenters. The fraction of sp³-hybridized carbons (Fsp3) is 0.287. The first-order valence-corrected chi connectivity index (χ1v) is 44.5. The quantitative estimate of drug-likeness (QED) is 0.0282. The van der Waals surface area contributed by atoms with Crippen molar-refractivity contribution in [2.24, 2.45) is 0 Å². The summed E-state index contributed by atoms with van der Waals surface area (Å²) in [6.45, 7) is 20.0. The van der Waals surface area contributed by atoms with Crippen LogP contribution in [-0.4, -0.2) is 213 Å². The average Bonchev–Trinajstić information content (AvgIpc) is 1.29. The molecule has 21 rings (SSSR count). The Morgan fingerprint density at radius 1 is 0.470 bits per heavy atom. The zero-order valence-corrected chi connectivity index (χ0v) is 75.1. The van der Waals surface area contributed by atoms with Crippen LogP contribution in [0.25, 0.3) is 0 Å². The summed E-state index contributed by atoms with van der Waals surface area (Å²) in [6.07, 6.45) is 24.4. The summed E-state index contributed by atoms with van der Waals surface area (Å²) >= 11 is 1.89. The number of thioether (sulfide) groups is 1. The van der Waals surface area contributed by atoms with E-state index in [0.29, 0.717) is 63.7 Å². The molecule has 14 heterocycles. The number of hydrogen-bond acceptors (Lipinski definition) is 26. The summed E-state index contributed by atoms with van der Waals surface area (Å²) in [5.41, 5.74) is 27.3. The fourth-order valence-electron chi connectivity index (χ4n) is 16.3. The Hall–Kier alpha value is -15.6. The number of ether oxygens (including phenoxy) is 4. The number of para-hydroxylation sites is 8. The molecule has 7 aromatic carbocycles. The van der Waals surface area contributed by atoms with Crippen LogP contribution in [0.15, 0.2) is 238 Å². The number of carbonyl (C=O) groups is 4. The average molecular weight is 1810 g/mol. The van der Waals surface area contributed by atoms with Crippen molar-refractivity contribution in [3.63, 3.8) is 0 Å². The second-order valence-corrected chi connectivity index (χ2v) is 32.5. The maximum absolute atomic E-state index is 14.0. The first kappa shape index (κ1) is 91.1. The Labute approximate surface area is 768 Å². The third-order valence-electron chi connectivity index (χ3n) is 22.7. The number of H-pyrrole nitrogens is 7. The molecule has 0 spiro atoms. The largest absolute Gasteiger partial charge is 0.490 e. The van der Waals surface area contributed by atoms with Crippen LogP contribution < -0.4 is 79.7 Å². The van der Waals surface area contributed by atoms with E-state index in [4.69, 9.17) is 24.7 Å². The van der Waals surface area contributed by atoms with Gasteiger partial charge in [-0.15, -0.1) is 11.8 Å². The van der Waals surface area contributed by atoms with Crippen LogP contribution in [0.2, 0.25) is 0 Å². The number of aromatic amines is 7. The van der Waals surface area contributed by atoms with Gasteiger partial charge in [-0.1, -0.05) is 48.5 Å². The van der Waals surface area contributed by atoms with Crippen LogP contribution in [-0.2, 0) is 64.9 Å². The highest BCUT2D eigenvalue weighted by atomic mass is 32.2. The molecule has 0 aliphatic carbocycles. The van der Waals surface area contributed by atoms with Gasteiger partial charge in [-0.2, -0.15) is 0 Å². The van der Waals surface area contributed by atoms with Crippen LogP contribution in [0.4, 0.5) is 93.6 Å². The molecule has 7 aromatic heterocycles. The maximum Gasteiger partial charge on any atom is 0.414 e. The summed E-state index contributed by atoms with van der Waals surface area (Å²) in [5.74, 6) is 1.76. The first-order valence-electron chi connectivity index (χ1n) is 43.5. The van der Waals surface area contributed by atoms with Crippen LogP contribution in [0, 0.1) is 5.82 Å². The van der Waals surface area contributed by atoms with E-state index in [2.05, 4.69) is 188 Å². The molecular formula is C94H109FN28O8S. The van der Waals surface area contributed by atoms with Gasteiger partial charge < -0.3 is 114 Å². The minimum absolute atomic E-state index is 0.0913. The van der Waals surface area contributed by atoms with Crippen molar-refractivity contribution in [2.45, 2.75) is 64.6 Å². The molecule has 0 atom stereocenters. The molecule has 0 radical (unpaired) electrons. The predicted molar refractivity (Wildman–Crippen MR) is 513 cm³/mol. The van der Waals surface area contributed by atoms with Gasteiger partial charge in [-0.3, -0.25) is 19.4 Å². The van der Waals surface area contributed by atoms with Gasteiger partial charge in [0.2, 0.25) is 12.3 Å². The van der Waals surface area contributed by atoms with Crippen LogP contribution in [0.5, 0.6) is 11.5 Å². The lowest BCUT2D eigenvalue weighted by atomic mass is 10.1. The number of benzene rings is 7. The van der Waals surface area contributed by atoms with Crippen molar-refractivity contribution >= 4 is 116 Å². The minimum atomic E-state index is -0.485. The fourth-order valence-corrected chi connectivity index (χ4v) is 17.3. The minimum Gasteiger partial charge on any atom is -0.490 e. The SMILES string of the molecule is CC(=O)N1CCN(Cc2cnc[nH]2)c2ccccc21.CCN(C(=O)OC)c1ccc2c(c1)N(Cc1cnc[nH]1)CCO2.CN1CCN(Cc2cnc[nH]2)c2ccccc21.COC(=O)N1CCN(Cc2cnc[nH]2)c2ccccc21.Nc1ccc2c(c1)N(Cc1cnc[nH]1)CCS2.O=CNc1cc(F)c2c(c1)N(Cc1cnc[nH]1)CCO2.c1ccc2c(c1)NCCN2Cc1cnc[nH]1. The van der Waals surface area contributed by atoms with Gasteiger partial charge in [-0.25, -0.2) is 48.9 Å². The number of rotatable bonds is 18. The molecule has 11 N–H and O–H groups in total. The van der Waals surface area contributed by atoms with Gasteiger partial charge >= 0.3 is 12.2 Å². The van der Waals surface area contributed by atoms with Crippen molar-refractivity contribution in [3.8, 4) is 11.5 Å². The van der Waals surface area contributed by atoms with Crippen molar-refractivity contribution < 1.29 is 42.5 Å². The van der Waals surface area contributed by atoms with E-state index in [1.807, 2.05) is 132 Å². The van der Waals surface area contributed by atoms with Gasteiger partial charge in [-0.05, 0) is 97.9 Å². The monoisotopic (exact) mass is 1810 g/mol. The molecule has 0 fully saturated rings. The standard InChI is InChI=1S/C16H20N4O3.C14H16N4O2.C14H16N4O.C13H13FN4O2.C13H16N4.C12H14N4S.C12H14N4/c1-3-20(16(21)22-2)13-4-5-15-14(8-13)19(6-7-23-15)10-12-9-17-11-18-12;1-20-14(19)18-7-6-17(9-11-8-15-10-16-11)12-4-2-3-5-13(12)18;1-11(19)18-7-6-17(9-12-8-15-10-16-12)13-4-2-3-5-14(13)18;14-11-3-9(17-8-19)4-12-13(11)20-2-1-18(12)6-10-5-15-7-16-10;1-16-6-7-17(9-11-8-14-10-15-11)13-5-3-2-4-12(13)16;13-9-1-2-12-11(5-9)16(3-4-17-12)7-10-6-14-8-15-10;1-2-4-12-11(3-1)14-5-6-16(12)8-10-7-13-9-15-10/h4-5,8-9,11H,3,6-7,10H2,1-2H3,(H,17,18);2-5,8,10H,6-7,9H2,1H3,(H,15,16);2-5,8,10H,6-7,9H2,1H3,(H,15,16);3-5,7-8H,1-2,6H2,(H,15,16)(H,17,19);2-5,8,10H,6-7,9H2,1H3,(H,14,15);1-2,5-6,8H,3-4,7,13H2,(H,14,15);1-4,7,9,14H,5-6,8H2,(H,13,15). The van der Waals surface area contributed by atoms with Crippen molar-refractivity contribution in [3.05, 3.63) is 279 Å². The van der Waals surface area contributed by atoms with Crippen molar-refractivity contribution in [1.82, 2.24) is 69.8 Å². The van der Waals surface area contributed by atoms with E-state index in [1.165, 1.54) is 53.6 Å². The highest BCUT2D eigenvalue weighted by Crippen LogP contribution is 2.42. The van der Waals surface area contributed by atoms with E-state index in [-0.39, 0.29) is 23.8 Å². The van der Waals surface area contributed by atoms with E-state index in [9.17, 15) is 23.6 Å². The number of nitrogen functional groups attached to an aromatic ring is 1. The molecule has 14 aromatic rings.